The second-order valence-corrected chi connectivity index (χ2v) is 5.81. The van der Waals surface area contributed by atoms with Crippen LogP contribution in [-0.2, 0) is 42.9 Å². The predicted molar refractivity (Wildman–Crippen MR) is 114 cm³/mol. The number of Topliss-reactive ketones (excluding diaryl/α,β-unsaturated/α-hetero) is 2. The van der Waals surface area contributed by atoms with Gasteiger partial charge in [-0.25, -0.2) is 4.79 Å². The molecule has 11 nitrogen and oxygen atoms in total. The van der Waals surface area contributed by atoms with Crippen LogP contribution in [0.1, 0.15) is 46.5 Å². The lowest BCUT2D eigenvalue weighted by atomic mass is 10.2. The highest BCUT2D eigenvalue weighted by atomic mass is 16.7. The highest BCUT2D eigenvalue weighted by molar-refractivity contribution is 6.36. The first-order valence-corrected chi connectivity index (χ1v) is 10.0. The smallest absolute Gasteiger partial charge is 0.374 e. The van der Waals surface area contributed by atoms with E-state index in [2.05, 4.69) is 10.1 Å². The van der Waals surface area contributed by atoms with E-state index in [1.165, 1.54) is 14.2 Å². The van der Waals surface area contributed by atoms with Gasteiger partial charge in [-0.2, -0.15) is 0 Å². The standard InChI is InChI=1S/C9H17NO4.C7H12O3.C4H11NO2/c1-4-5-7(11)9(12)10-6-8(13-2)14-3;1-3-5-6(8)7(9)10-4-2;1-6-4(3-5)7-2/h8H,4-6H2,1-3H3,(H,10,12);3-5H2,1-2H3;4H,3,5H2,1-2H3. The first-order valence-electron chi connectivity index (χ1n) is 10.0. The zero-order chi connectivity index (χ0) is 24.7. The second kappa shape index (κ2) is 24.4. The van der Waals surface area contributed by atoms with Crippen molar-refractivity contribution in [2.75, 3.05) is 48.1 Å². The van der Waals surface area contributed by atoms with Crippen molar-refractivity contribution in [1.29, 1.82) is 0 Å². The predicted octanol–water partition coefficient (Wildman–Crippen LogP) is 0.573. The molecule has 0 rings (SSSR count). The minimum Gasteiger partial charge on any atom is -0.460 e. The summed E-state index contributed by atoms with van der Waals surface area (Å²) in [6.45, 7) is 6.23. The molecule has 11 heteroatoms. The van der Waals surface area contributed by atoms with Crippen LogP contribution in [0.5, 0.6) is 0 Å². The molecule has 0 spiro atoms. The average molecular weight is 453 g/mol. The van der Waals surface area contributed by atoms with Crippen LogP contribution in [-0.4, -0.2) is 84.2 Å². The molecule has 0 unspecified atom stereocenters. The summed E-state index contributed by atoms with van der Waals surface area (Å²) in [7, 11) is 6.05. The molecule has 0 saturated heterocycles. The SMILES string of the molecule is CCCC(=O)C(=O)NCC(OC)OC.CCCC(=O)C(=O)OCC.COC(CN)OC. The van der Waals surface area contributed by atoms with Crippen LogP contribution in [0.15, 0.2) is 0 Å². The zero-order valence-corrected chi connectivity index (χ0v) is 19.9. The molecule has 1 amide bonds. The van der Waals surface area contributed by atoms with E-state index in [-0.39, 0.29) is 25.9 Å². The van der Waals surface area contributed by atoms with Crippen LogP contribution in [0.3, 0.4) is 0 Å². The molecule has 0 aromatic carbocycles. The number of hydrogen-bond donors (Lipinski definition) is 2. The normalized spacial score (nSPS) is 9.87. The van der Waals surface area contributed by atoms with Gasteiger partial charge in [0, 0.05) is 47.8 Å². The molecule has 184 valence electrons. The number of ether oxygens (including phenoxy) is 5. The summed E-state index contributed by atoms with van der Waals surface area (Å²) in [6.07, 6.45) is 1.19. The summed E-state index contributed by atoms with van der Waals surface area (Å²) in [5.74, 6) is -2.11. The van der Waals surface area contributed by atoms with Crippen LogP contribution in [0, 0.1) is 0 Å². The molecule has 0 aliphatic rings. The number of ketones is 2. The molecule has 31 heavy (non-hydrogen) atoms. The number of carbonyl (C=O) groups is 4. The maximum Gasteiger partial charge on any atom is 0.374 e. The molecule has 0 aromatic heterocycles. The highest BCUT2D eigenvalue weighted by Crippen LogP contribution is 1.92. The fraction of sp³-hybridized carbons (Fsp3) is 0.800. The Morgan fingerprint density at radius 3 is 1.55 bits per heavy atom. The van der Waals surface area contributed by atoms with Crippen LogP contribution in [0.2, 0.25) is 0 Å². The van der Waals surface area contributed by atoms with Crippen molar-refractivity contribution in [3.8, 4) is 0 Å². The first kappa shape index (κ1) is 33.7. The molecule has 0 fully saturated rings. The number of amides is 1. The van der Waals surface area contributed by atoms with E-state index in [9.17, 15) is 19.2 Å². The third-order valence-electron chi connectivity index (χ3n) is 3.38. The minimum atomic E-state index is -0.704. The van der Waals surface area contributed by atoms with Crippen molar-refractivity contribution in [2.24, 2.45) is 5.73 Å². The Morgan fingerprint density at radius 1 is 0.774 bits per heavy atom. The van der Waals surface area contributed by atoms with E-state index in [0.717, 1.165) is 0 Å². The Morgan fingerprint density at radius 2 is 1.23 bits per heavy atom. The molecule has 0 heterocycles. The number of esters is 1. The van der Waals surface area contributed by atoms with Crippen LogP contribution >= 0.6 is 0 Å². The van der Waals surface area contributed by atoms with Gasteiger partial charge in [-0.3, -0.25) is 14.4 Å². The molecule has 0 aromatic rings. The van der Waals surface area contributed by atoms with Gasteiger partial charge in [0.25, 0.3) is 5.91 Å². The Kier molecular flexibility index (Phi) is 26.5. The summed E-state index contributed by atoms with van der Waals surface area (Å²) in [6, 6.07) is 0. The molecule has 0 saturated carbocycles. The molecule has 0 aliphatic carbocycles. The summed E-state index contributed by atoms with van der Waals surface area (Å²) in [5, 5.41) is 2.43. The molecule has 0 radical (unpaired) electrons. The molecule has 0 atom stereocenters. The van der Waals surface area contributed by atoms with E-state index in [0.29, 0.717) is 25.8 Å². The molecule has 0 aliphatic heterocycles. The van der Waals surface area contributed by atoms with Gasteiger partial charge in [-0.15, -0.1) is 0 Å². The lowest BCUT2D eigenvalue weighted by molar-refractivity contribution is -0.153. The van der Waals surface area contributed by atoms with Crippen molar-refractivity contribution >= 4 is 23.4 Å². The Labute approximate surface area is 185 Å². The van der Waals surface area contributed by atoms with Crippen LogP contribution in [0.25, 0.3) is 0 Å². The minimum absolute atomic E-state index is 0.182. The van der Waals surface area contributed by atoms with Crippen LogP contribution < -0.4 is 11.1 Å². The van der Waals surface area contributed by atoms with E-state index in [4.69, 9.17) is 24.7 Å². The number of nitrogens with one attached hydrogen (secondary N) is 1. The third-order valence-corrected chi connectivity index (χ3v) is 3.38. The van der Waals surface area contributed by atoms with Gasteiger partial charge in [0.05, 0.1) is 13.2 Å². The quantitative estimate of drug-likeness (QED) is 0.217. The largest absolute Gasteiger partial charge is 0.460 e. The number of nitrogens with two attached hydrogens (primary N) is 1. The van der Waals surface area contributed by atoms with Gasteiger partial charge < -0.3 is 34.7 Å². The summed E-state index contributed by atoms with van der Waals surface area (Å²) in [4.78, 5) is 43.4. The second-order valence-electron chi connectivity index (χ2n) is 5.81. The van der Waals surface area contributed by atoms with Crippen molar-refractivity contribution < 1.29 is 42.9 Å². The number of methoxy groups -OCH3 is 4. The maximum atomic E-state index is 11.1. The van der Waals surface area contributed by atoms with Crippen molar-refractivity contribution in [2.45, 2.75) is 59.0 Å². The summed E-state index contributed by atoms with van der Waals surface area (Å²) >= 11 is 0. The summed E-state index contributed by atoms with van der Waals surface area (Å²) in [5.41, 5.74) is 5.14. The Hall–Kier alpha value is -1.92. The summed E-state index contributed by atoms with van der Waals surface area (Å²) < 4.78 is 23.6. The van der Waals surface area contributed by atoms with E-state index in [1.807, 2.05) is 13.8 Å². The first-order chi connectivity index (χ1) is 14.7. The zero-order valence-electron chi connectivity index (χ0n) is 19.9. The van der Waals surface area contributed by atoms with Crippen LogP contribution in [0.4, 0.5) is 0 Å². The van der Waals surface area contributed by atoms with Crippen molar-refractivity contribution in [3.05, 3.63) is 0 Å². The number of carbonyl (C=O) groups excluding carboxylic acids is 4. The van der Waals surface area contributed by atoms with E-state index < -0.39 is 29.7 Å². The third kappa shape index (κ3) is 21.1. The molecular formula is C20H40N2O9. The fourth-order valence-corrected chi connectivity index (χ4v) is 1.71. The lowest BCUT2D eigenvalue weighted by Gasteiger charge is -2.13. The van der Waals surface area contributed by atoms with Gasteiger partial charge in [0.2, 0.25) is 11.6 Å². The van der Waals surface area contributed by atoms with Gasteiger partial charge in [0.1, 0.15) is 0 Å². The van der Waals surface area contributed by atoms with Gasteiger partial charge in [-0.05, 0) is 19.8 Å². The highest BCUT2D eigenvalue weighted by Gasteiger charge is 2.14. The van der Waals surface area contributed by atoms with Gasteiger partial charge >= 0.3 is 5.97 Å². The number of hydrogen-bond acceptors (Lipinski definition) is 10. The van der Waals surface area contributed by atoms with Crippen molar-refractivity contribution in [1.82, 2.24) is 5.32 Å². The Balaban J connectivity index is -0.000000404. The average Bonchev–Trinajstić information content (AvgIpc) is 2.77. The van der Waals surface area contributed by atoms with E-state index >= 15 is 0 Å². The van der Waals surface area contributed by atoms with E-state index in [1.54, 1.807) is 21.1 Å². The monoisotopic (exact) mass is 452 g/mol. The fourth-order valence-electron chi connectivity index (χ4n) is 1.71. The van der Waals surface area contributed by atoms with Gasteiger partial charge in [-0.1, -0.05) is 13.8 Å². The van der Waals surface area contributed by atoms with Crippen molar-refractivity contribution in [3.63, 3.8) is 0 Å². The molecule has 3 N–H and O–H groups in total. The number of rotatable bonds is 14. The molecule has 0 bridgehead atoms. The lowest BCUT2D eigenvalue weighted by Crippen LogP contribution is -2.37. The molecular weight excluding hydrogens is 412 g/mol. The maximum absolute atomic E-state index is 11.1. The van der Waals surface area contributed by atoms with Gasteiger partial charge in [0.15, 0.2) is 12.6 Å². The topological polar surface area (TPSA) is 152 Å². The Bertz CT molecular complexity index is 458.